The Kier molecular flexibility index (Phi) is 5.55. The Morgan fingerprint density at radius 3 is 2.25 bits per heavy atom. The fourth-order valence-electron chi connectivity index (χ4n) is 2.00. The number of hydrogen-bond acceptors (Lipinski definition) is 3. The predicted octanol–water partition coefficient (Wildman–Crippen LogP) is 2.85. The van der Waals surface area contributed by atoms with Crippen molar-refractivity contribution in [3.63, 3.8) is 0 Å². The molecule has 110 valence electrons. The first kappa shape index (κ1) is 16.0. The molecule has 2 unspecified atom stereocenters. The minimum Gasteiger partial charge on any atom is -0.493 e. The maximum atomic E-state index is 11.3. The van der Waals surface area contributed by atoms with Crippen LogP contribution in [0.4, 0.5) is 0 Å². The van der Waals surface area contributed by atoms with Gasteiger partial charge in [0.2, 0.25) is 0 Å². The smallest absolute Gasteiger partial charge is 0.310 e. The fraction of sp³-hybridized carbons (Fsp3) is 0.467. The summed E-state index contributed by atoms with van der Waals surface area (Å²) in [7, 11) is 0. The summed E-state index contributed by atoms with van der Waals surface area (Å²) in [6.45, 7) is 5.49. The summed E-state index contributed by atoms with van der Waals surface area (Å²) in [4.78, 5) is 22.4. The third-order valence-corrected chi connectivity index (χ3v) is 3.20. The fourth-order valence-corrected chi connectivity index (χ4v) is 2.00. The van der Waals surface area contributed by atoms with E-state index in [1.807, 2.05) is 6.92 Å². The second kappa shape index (κ2) is 6.93. The molecule has 0 aliphatic rings. The van der Waals surface area contributed by atoms with Gasteiger partial charge in [0, 0.05) is 5.56 Å². The summed E-state index contributed by atoms with van der Waals surface area (Å²) in [5.41, 5.74) is 0.935. The molecule has 0 radical (unpaired) electrons. The molecule has 5 heteroatoms. The highest BCUT2D eigenvalue weighted by atomic mass is 16.5. The van der Waals surface area contributed by atoms with E-state index in [9.17, 15) is 14.7 Å². The van der Waals surface area contributed by atoms with Crippen LogP contribution in [0.15, 0.2) is 18.2 Å². The number of carboxylic acid groups (broad SMARTS) is 2. The lowest BCUT2D eigenvalue weighted by Crippen LogP contribution is -2.16. The average molecular weight is 280 g/mol. The molecule has 5 nitrogen and oxygen atoms in total. The van der Waals surface area contributed by atoms with Crippen molar-refractivity contribution in [2.45, 2.75) is 39.0 Å². The first-order chi connectivity index (χ1) is 9.40. The van der Waals surface area contributed by atoms with Gasteiger partial charge in [0.1, 0.15) is 5.75 Å². The van der Waals surface area contributed by atoms with Crippen LogP contribution in [-0.4, -0.2) is 28.8 Å². The quantitative estimate of drug-likeness (QED) is 0.802. The van der Waals surface area contributed by atoms with E-state index in [0.29, 0.717) is 23.5 Å². The zero-order chi connectivity index (χ0) is 15.3. The van der Waals surface area contributed by atoms with Crippen molar-refractivity contribution >= 4 is 11.9 Å². The van der Waals surface area contributed by atoms with E-state index < -0.39 is 23.8 Å². The van der Waals surface area contributed by atoms with Gasteiger partial charge < -0.3 is 14.9 Å². The normalized spacial score (nSPS) is 13.6. The molecule has 0 aromatic heterocycles. The van der Waals surface area contributed by atoms with Gasteiger partial charge in [-0.2, -0.15) is 0 Å². The van der Waals surface area contributed by atoms with E-state index in [-0.39, 0.29) is 0 Å². The Bertz CT molecular complexity index is 495. The van der Waals surface area contributed by atoms with Crippen LogP contribution >= 0.6 is 0 Å². The molecule has 20 heavy (non-hydrogen) atoms. The molecule has 0 saturated heterocycles. The predicted molar refractivity (Wildman–Crippen MR) is 74.3 cm³/mol. The van der Waals surface area contributed by atoms with E-state index in [2.05, 4.69) is 0 Å². The number of ether oxygens (including phenoxy) is 1. The van der Waals surface area contributed by atoms with Crippen LogP contribution in [0, 0.1) is 0 Å². The number of carboxylic acids is 2. The number of aliphatic carboxylic acids is 2. The zero-order valence-corrected chi connectivity index (χ0v) is 11.9. The number of benzene rings is 1. The molecule has 0 aliphatic carbocycles. The summed E-state index contributed by atoms with van der Waals surface area (Å²) >= 11 is 0. The van der Waals surface area contributed by atoms with Crippen molar-refractivity contribution in [1.29, 1.82) is 0 Å². The lowest BCUT2D eigenvalue weighted by molar-refractivity contribution is -0.140. The van der Waals surface area contributed by atoms with Gasteiger partial charge in [0.15, 0.2) is 0 Å². The Morgan fingerprint density at radius 2 is 1.75 bits per heavy atom. The second-order valence-corrected chi connectivity index (χ2v) is 4.73. The molecule has 2 N–H and O–H groups in total. The van der Waals surface area contributed by atoms with Gasteiger partial charge in [-0.25, -0.2) is 0 Å². The van der Waals surface area contributed by atoms with Gasteiger partial charge in [-0.15, -0.1) is 0 Å². The molecule has 0 heterocycles. The van der Waals surface area contributed by atoms with Crippen molar-refractivity contribution in [3.8, 4) is 5.75 Å². The van der Waals surface area contributed by atoms with Crippen molar-refractivity contribution < 1.29 is 24.5 Å². The van der Waals surface area contributed by atoms with Crippen LogP contribution < -0.4 is 4.74 Å². The van der Waals surface area contributed by atoms with Crippen LogP contribution in [-0.2, 0) is 9.59 Å². The van der Waals surface area contributed by atoms with Crippen LogP contribution in [0.1, 0.15) is 50.2 Å². The van der Waals surface area contributed by atoms with Crippen molar-refractivity contribution in [1.82, 2.24) is 0 Å². The van der Waals surface area contributed by atoms with Crippen LogP contribution in [0.2, 0.25) is 0 Å². The summed E-state index contributed by atoms with van der Waals surface area (Å²) in [5.74, 6) is -3.14. The van der Waals surface area contributed by atoms with Crippen molar-refractivity contribution in [2.24, 2.45) is 0 Å². The molecule has 0 bridgehead atoms. The molecule has 0 saturated carbocycles. The molecule has 1 aromatic carbocycles. The second-order valence-electron chi connectivity index (χ2n) is 4.73. The van der Waals surface area contributed by atoms with Gasteiger partial charge >= 0.3 is 11.9 Å². The summed E-state index contributed by atoms with van der Waals surface area (Å²) in [6.07, 6.45) is 0.791. The SMILES string of the molecule is CCCOc1cccc(C(C)C(=O)O)c1C(C)C(=O)O. The van der Waals surface area contributed by atoms with Crippen molar-refractivity contribution in [2.75, 3.05) is 6.61 Å². The Balaban J connectivity index is 3.35. The molecular formula is C15H20O5. The number of rotatable bonds is 7. The van der Waals surface area contributed by atoms with E-state index in [0.717, 1.165) is 6.42 Å². The lowest BCUT2D eigenvalue weighted by atomic mass is 9.88. The number of carbonyl (C=O) groups is 2. The van der Waals surface area contributed by atoms with Gasteiger partial charge in [-0.1, -0.05) is 19.1 Å². The summed E-state index contributed by atoms with van der Waals surface area (Å²) in [5, 5.41) is 18.4. The van der Waals surface area contributed by atoms with Gasteiger partial charge in [-0.3, -0.25) is 9.59 Å². The molecule has 1 aromatic rings. The first-order valence-electron chi connectivity index (χ1n) is 6.61. The molecule has 0 fully saturated rings. The Labute approximate surface area is 118 Å². The summed E-state index contributed by atoms with van der Waals surface area (Å²) < 4.78 is 5.57. The maximum absolute atomic E-state index is 11.3. The van der Waals surface area contributed by atoms with E-state index in [4.69, 9.17) is 9.84 Å². The monoisotopic (exact) mass is 280 g/mol. The highest BCUT2D eigenvalue weighted by Gasteiger charge is 2.27. The van der Waals surface area contributed by atoms with Gasteiger partial charge in [0.05, 0.1) is 18.4 Å². The van der Waals surface area contributed by atoms with E-state index >= 15 is 0 Å². The Morgan fingerprint density at radius 1 is 1.15 bits per heavy atom. The molecule has 0 spiro atoms. The lowest BCUT2D eigenvalue weighted by Gasteiger charge is -2.20. The number of hydrogen-bond donors (Lipinski definition) is 2. The van der Waals surface area contributed by atoms with Crippen molar-refractivity contribution in [3.05, 3.63) is 29.3 Å². The first-order valence-corrected chi connectivity index (χ1v) is 6.61. The van der Waals surface area contributed by atoms with Gasteiger partial charge in [0.25, 0.3) is 0 Å². The maximum Gasteiger partial charge on any atom is 0.310 e. The highest BCUT2D eigenvalue weighted by molar-refractivity contribution is 5.81. The molecular weight excluding hydrogens is 260 g/mol. The molecule has 0 amide bonds. The van der Waals surface area contributed by atoms with Crippen LogP contribution in [0.5, 0.6) is 5.75 Å². The Hall–Kier alpha value is -2.04. The molecule has 2 atom stereocenters. The topological polar surface area (TPSA) is 83.8 Å². The minimum absolute atomic E-state index is 0.448. The minimum atomic E-state index is -1.00. The summed E-state index contributed by atoms with van der Waals surface area (Å²) in [6, 6.07) is 5.02. The zero-order valence-electron chi connectivity index (χ0n) is 11.9. The highest BCUT2D eigenvalue weighted by Crippen LogP contribution is 2.34. The van der Waals surface area contributed by atoms with Gasteiger partial charge in [-0.05, 0) is 31.9 Å². The molecule has 0 aliphatic heterocycles. The largest absolute Gasteiger partial charge is 0.493 e. The average Bonchev–Trinajstić information content (AvgIpc) is 2.42. The standard InChI is InChI=1S/C15H20O5/c1-4-8-20-12-7-5-6-11(9(2)14(16)17)13(12)10(3)15(18)19/h5-7,9-10H,4,8H2,1-3H3,(H,16,17)(H,18,19). The van der Waals surface area contributed by atoms with E-state index in [1.54, 1.807) is 25.1 Å². The van der Waals surface area contributed by atoms with Crippen LogP contribution in [0.3, 0.4) is 0 Å². The van der Waals surface area contributed by atoms with Crippen LogP contribution in [0.25, 0.3) is 0 Å². The third kappa shape index (κ3) is 3.50. The third-order valence-electron chi connectivity index (χ3n) is 3.20. The van der Waals surface area contributed by atoms with E-state index in [1.165, 1.54) is 6.92 Å². The molecule has 1 rings (SSSR count).